The molecule has 3 aromatic heterocycles. The van der Waals surface area contributed by atoms with E-state index in [1.807, 2.05) is 51.2 Å². The summed E-state index contributed by atoms with van der Waals surface area (Å²) in [5.41, 5.74) is 2.45. The minimum Gasteiger partial charge on any atom is -0.444 e. The molecule has 10 heteroatoms. The number of hydrogen-bond donors (Lipinski definition) is 1. The largest absolute Gasteiger partial charge is 0.444 e. The fourth-order valence-corrected chi connectivity index (χ4v) is 5.95. The summed E-state index contributed by atoms with van der Waals surface area (Å²) < 4.78 is 13.7. The van der Waals surface area contributed by atoms with Crippen molar-refractivity contribution in [1.82, 2.24) is 19.4 Å². The number of piperidine rings is 1. The second-order valence-corrected chi connectivity index (χ2v) is 18.9. The Kier molecular flexibility index (Phi) is 8.30. The van der Waals surface area contributed by atoms with Gasteiger partial charge in [0.25, 0.3) is 0 Å². The van der Waals surface area contributed by atoms with E-state index in [2.05, 4.69) is 40.6 Å². The van der Waals surface area contributed by atoms with Gasteiger partial charge in [0, 0.05) is 63.4 Å². The lowest BCUT2D eigenvalue weighted by Crippen LogP contribution is -2.47. The second-order valence-electron chi connectivity index (χ2n) is 12.1. The number of ether oxygens (including phenoxy) is 2. The molecule has 0 aromatic carbocycles. The number of nitrogens with zero attached hydrogens (tertiary/aromatic N) is 4. The van der Waals surface area contributed by atoms with Gasteiger partial charge < -0.3 is 24.3 Å². The van der Waals surface area contributed by atoms with Crippen LogP contribution in [0.5, 0.6) is 0 Å². The van der Waals surface area contributed by atoms with Crippen molar-refractivity contribution in [2.45, 2.75) is 84.6 Å². The summed E-state index contributed by atoms with van der Waals surface area (Å²) in [5, 5.41) is 5.85. The van der Waals surface area contributed by atoms with Gasteiger partial charge in [-0.1, -0.05) is 19.6 Å². The van der Waals surface area contributed by atoms with E-state index in [0.717, 1.165) is 57.7 Å². The Balaban J connectivity index is 1.59. The van der Waals surface area contributed by atoms with Gasteiger partial charge in [-0.25, -0.2) is 14.8 Å². The molecule has 8 nitrogen and oxygen atoms in total. The van der Waals surface area contributed by atoms with Crippen LogP contribution in [0.4, 0.5) is 10.5 Å². The van der Waals surface area contributed by atoms with Gasteiger partial charge in [0.15, 0.2) is 0 Å². The van der Waals surface area contributed by atoms with Crippen LogP contribution < -0.4 is 5.32 Å². The molecule has 1 atom stereocenters. The summed E-state index contributed by atoms with van der Waals surface area (Å²) in [6.45, 7) is 17.4. The molecule has 4 rings (SSSR count). The Hall–Kier alpha value is -2.43. The maximum absolute atomic E-state index is 12.8. The number of hydrogen-bond acceptors (Lipinski definition) is 7. The van der Waals surface area contributed by atoms with Gasteiger partial charge in [0.05, 0.1) is 15.6 Å². The lowest BCUT2D eigenvalue weighted by Gasteiger charge is -2.35. The van der Waals surface area contributed by atoms with E-state index >= 15 is 0 Å². The molecule has 1 saturated heterocycles. The molecule has 1 amide bonds. The molecule has 1 aliphatic heterocycles. The van der Waals surface area contributed by atoms with E-state index in [9.17, 15) is 4.79 Å². The third kappa shape index (κ3) is 7.33. The normalized spacial score (nSPS) is 16.8. The summed E-state index contributed by atoms with van der Waals surface area (Å²) in [6.07, 6.45) is 7.55. The lowest BCUT2D eigenvalue weighted by molar-refractivity contribution is 0.0206. The van der Waals surface area contributed by atoms with Gasteiger partial charge in [0.2, 0.25) is 0 Å². The molecule has 0 saturated carbocycles. The van der Waals surface area contributed by atoms with Crippen LogP contribution in [0.25, 0.3) is 21.5 Å². The van der Waals surface area contributed by atoms with Crippen LogP contribution in [0.2, 0.25) is 25.7 Å². The molecule has 0 bridgehead atoms. The zero-order valence-corrected chi connectivity index (χ0v) is 25.1. The van der Waals surface area contributed by atoms with E-state index in [1.165, 1.54) is 0 Å². The molecule has 1 fully saturated rings. The third-order valence-electron chi connectivity index (χ3n) is 6.32. The van der Waals surface area contributed by atoms with Crippen molar-refractivity contribution >= 4 is 42.2 Å². The number of carbonyl (C=O) groups excluding carboxylic acids is 1. The monoisotopic (exact) mass is 543 g/mol. The molecule has 202 valence electrons. The molecule has 3 aromatic rings. The fraction of sp³-hybridized carbons (Fsp3) is 0.593. The number of rotatable bonds is 8. The topological polar surface area (TPSA) is 81.5 Å². The zero-order valence-electron chi connectivity index (χ0n) is 23.3. The van der Waals surface area contributed by atoms with Crippen LogP contribution in [0.3, 0.4) is 0 Å². The highest BCUT2D eigenvalue weighted by Gasteiger charge is 2.29. The summed E-state index contributed by atoms with van der Waals surface area (Å²) in [7, 11) is -1.14. The number of pyridine rings is 1. The number of thiazole rings is 1. The van der Waals surface area contributed by atoms with Crippen molar-refractivity contribution in [3.63, 3.8) is 0 Å². The number of anilines is 1. The van der Waals surface area contributed by atoms with Crippen LogP contribution in [0, 0.1) is 6.92 Å². The summed E-state index contributed by atoms with van der Waals surface area (Å²) in [5.74, 6) is 0. The van der Waals surface area contributed by atoms with Gasteiger partial charge in [-0.2, -0.15) is 0 Å². The maximum Gasteiger partial charge on any atom is 0.410 e. The first kappa shape index (κ1) is 27.6. The third-order valence-corrected chi connectivity index (χ3v) is 8.97. The van der Waals surface area contributed by atoms with Crippen molar-refractivity contribution in [1.29, 1.82) is 0 Å². The number of amides is 1. The van der Waals surface area contributed by atoms with E-state index in [0.29, 0.717) is 19.8 Å². The molecule has 0 aliphatic carbocycles. The van der Waals surface area contributed by atoms with E-state index in [-0.39, 0.29) is 12.1 Å². The van der Waals surface area contributed by atoms with Crippen LogP contribution in [0.15, 0.2) is 24.7 Å². The number of aromatic nitrogens is 3. The van der Waals surface area contributed by atoms with E-state index in [4.69, 9.17) is 14.5 Å². The average molecular weight is 544 g/mol. The zero-order chi connectivity index (χ0) is 26.8. The van der Waals surface area contributed by atoms with Crippen LogP contribution in [-0.2, 0) is 16.2 Å². The molecule has 0 radical (unpaired) electrons. The molecule has 37 heavy (non-hydrogen) atoms. The Bertz CT molecular complexity index is 1230. The fourth-order valence-electron chi connectivity index (χ4n) is 4.40. The minimum atomic E-state index is -1.14. The molecular formula is C27H41N5O3SSi. The number of nitrogens with one attached hydrogen (secondary N) is 1. The molecule has 1 aliphatic rings. The highest BCUT2D eigenvalue weighted by Crippen LogP contribution is 2.38. The summed E-state index contributed by atoms with van der Waals surface area (Å²) in [6, 6.07) is 3.35. The smallest absolute Gasteiger partial charge is 0.410 e. The number of fused-ring (bicyclic) bond motifs is 1. The molecule has 0 unspecified atom stereocenters. The number of likely N-dealkylation sites (tertiary alicyclic amines) is 1. The van der Waals surface area contributed by atoms with Crippen molar-refractivity contribution in [2.24, 2.45) is 0 Å². The number of carbonyl (C=O) groups is 1. The summed E-state index contributed by atoms with van der Waals surface area (Å²) >= 11 is 1.66. The molecular weight excluding hydrogens is 502 g/mol. The standard InChI is InChI=1S/C27H41N5O3SSi/c1-19-28-16-23(36-19)22-15-29-25-21(10-12-32(25)18-34-13-14-37(5,6)7)24(22)30-20-9-8-11-31(17-20)26(33)35-27(2,3)4/h10,12,15-16,20H,8-9,11,13-14,17-18H2,1-7H3,(H,29,30)/t20-/m1/s1. The van der Waals surface area contributed by atoms with Gasteiger partial charge in [-0.15, -0.1) is 11.3 Å². The first-order chi connectivity index (χ1) is 17.4. The maximum atomic E-state index is 12.8. The predicted molar refractivity (Wildman–Crippen MR) is 154 cm³/mol. The first-order valence-electron chi connectivity index (χ1n) is 13.1. The van der Waals surface area contributed by atoms with Crippen molar-refractivity contribution in [3.05, 3.63) is 29.7 Å². The van der Waals surface area contributed by atoms with Gasteiger partial charge in [0.1, 0.15) is 18.0 Å². The highest BCUT2D eigenvalue weighted by molar-refractivity contribution is 7.15. The van der Waals surface area contributed by atoms with E-state index < -0.39 is 13.7 Å². The van der Waals surface area contributed by atoms with Crippen molar-refractivity contribution in [2.75, 3.05) is 25.0 Å². The van der Waals surface area contributed by atoms with Crippen molar-refractivity contribution in [3.8, 4) is 10.4 Å². The van der Waals surface area contributed by atoms with E-state index in [1.54, 1.807) is 11.3 Å². The van der Waals surface area contributed by atoms with Crippen LogP contribution in [0.1, 0.15) is 38.6 Å². The van der Waals surface area contributed by atoms with Gasteiger partial charge in [-0.3, -0.25) is 0 Å². The van der Waals surface area contributed by atoms with Crippen LogP contribution >= 0.6 is 11.3 Å². The Morgan fingerprint density at radius 3 is 2.70 bits per heavy atom. The minimum absolute atomic E-state index is 0.107. The number of aryl methyl sites for hydroxylation is 1. The quantitative estimate of drug-likeness (QED) is 0.255. The Morgan fingerprint density at radius 2 is 2.03 bits per heavy atom. The van der Waals surface area contributed by atoms with Gasteiger partial charge in [-0.05, 0) is 52.6 Å². The Labute approximate surface area is 225 Å². The first-order valence-corrected chi connectivity index (χ1v) is 17.6. The summed E-state index contributed by atoms with van der Waals surface area (Å²) in [4.78, 5) is 25.0. The second kappa shape index (κ2) is 11.1. The lowest BCUT2D eigenvalue weighted by atomic mass is 10.0. The van der Waals surface area contributed by atoms with Crippen molar-refractivity contribution < 1.29 is 14.3 Å². The SMILES string of the molecule is Cc1ncc(-c2cnc3c(ccn3COCC[Si](C)(C)C)c2N[C@@H]2CCCN(C(=O)OC(C)(C)C)C2)s1. The molecule has 0 spiro atoms. The predicted octanol–water partition coefficient (Wildman–Crippen LogP) is 6.59. The highest BCUT2D eigenvalue weighted by atomic mass is 32.1. The van der Waals surface area contributed by atoms with Gasteiger partial charge >= 0.3 is 6.09 Å². The molecule has 4 heterocycles. The Morgan fingerprint density at radius 1 is 1.24 bits per heavy atom. The molecule has 1 N–H and O–H groups in total. The average Bonchev–Trinajstić information content (AvgIpc) is 3.42. The van der Waals surface area contributed by atoms with Crippen LogP contribution in [-0.4, -0.2) is 64.9 Å².